The molecule has 0 unspecified atom stereocenters. The molecule has 0 bridgehead atoms. The highest BCUT2D eigenvalue weighted by Gasteiger charge is 2.25. The average Bonchev–Trinajstić information content (AvgIpc) is 2.54. The summed E-state index contributed by atoms with van der Waals surface area (Å²) in [4.78, 5) is 0. The standard InChI is InChI=1S/C17H36O5/c1-2-3-4-5-6-7-8-9-10-11-12-22-16(14-19)17(21)15(20)13-18/h15-21H,2-14H2,1H3/t15-,16+,17+/m0/s1. The lowest BCUT2D eigenvalue weighted by atomic mass is 10.1. The van der Waals surface area contributed by atoms with Crippen LogP contribution in [0.2, 0.25) is 0 Å². The summed E-state index contributed by atoms with van der Waals surface area (Å²) in [5, 5.41) is 36.8. The Morgan fingerprint density at radius 2 is 1.23 bits per heavy atom. The molecule has 0 saturated heterocycles. The monoisotopic (exact) mass is 320 g/mol. The molecule has 4 N–H and O–H groups in total. The Kier molecular flexibility index (Phi) is 15.5. The Morgan fingerprint density at radius 3 is 1.68 bits per heavy atom. The van der Waals surface area contributed by atoms with E-state index in [1.54, 1.807) is 0 Å². The molecule has 22 heavy (non-hydrogen) atoms. The van der Waals surface area contributed by atoms with E-state index in [4.69, 9.17) is 14.9 Å². The Labute approximate surface area is 135 Å². The minimum atomic E-state index is -1.27. The Balaban J connectivity index is 3.43. The van der Waals surface area contributed by atoms with Gasteiger partial charge in [-0.25, -0.2) is 0 Å². The predicted octanol–water partition coefficient (Wildman–Crippen LogP) is 2.00. The molecular weight excluding hydrogens is 284 g/mol. The van der Waals surface area contributed by atoms with Crippen molar-refractivity contribution in [3.05, 3.63) is 0 Å². The summed E-state index contributed by atoms with van der Waals surface area (Å²) < 4.78 is 5.38. The van der Waals surface area contributed by atoms with Gasteiger partial charge in [-0.15, -0.1) is 0 Å². The molecule has 0 aliphatic rings. The summed E-state index contributed by atoms with van der Waals surface area (Å²) in [5.74, 6) is 0. The van der Waals surface area contributed by atoms with E-state index in [2.05, 4.69) is 6.92 Å². The van der Waals surface area contributed by atoms with Crippen LogP contribution in [-0.4, -0.2) is 58.6 Å². The maximum absolute atomic E-state index is 9.64. The van der Waals surface area contributed by atoms with E-state index in [-0.39, 0.29) is 6.61 Å². The fourth-order valence-electron chi connectivity index (χ4n) is 2.44. The van der Waals surface area contributed by atoms with Crippen molar-refractivity contribution in [2.24, 2.45) is 0 Å². The van der Waals surface area contributed by atoms with Crippen LogP contribution in [0.25, 0.3) is 0 Å². The molecule has 0 amide bonds. The number of unbranched alkanes of at least 4 members (excludes halogenated alkanes) is 9. The first-order valence-electron chi connectivity index (χ1n) is 8.86. The van der Waals surface area contributed by atoms with Crippen molar-refractivity contribution in [3.8, 4) is 0 Å². The summed E-state index contributed by atoms with van der Waals surface area (Å²) in [6.45, 7) is 1.78. The minimum Gasteiger partial charge on any atom is -0.394 e. The van der Waals surface area contributed by atoms with Crippen LogP contribution >= 0.6 is 0 Å². The van der Waals surface area contributed by atoms with Gasteiger partial charge >= 0.3 is 0 Å². The third-order valence-electron chi connectivity index (χ3n) is 3.97. The van der Waals surface area contributed by atoms with Crippen LogP contribution in [-0.2, 0) is 4.74 Å². The van der Waals surface area contributed by atoms with Crippen molar-refractivity contribution < 1.29 is 25.2 Å². The Bertz CT molecular complexity index is 225. The first kappa shape index (κ1) is 21.8. The van der Waals surface area contributed by atoms with Gasteiger partial charge in [-0.1, -0.05) is 64.7 Å². The second-order valence-corrected chi connectivity index (χ2v) is 6.01. The molecule has 0 fully saturated rings. The topological polar surface area (TPSA) is 90.2 Å². The van der Waals surface area contributed by atoms with E-state index >= 15 is 0 Å². The van der Waals surface area contributed by atoms with Crippen molar-refractivity contribution >= 4 is 0 Å². The number of aliphatic hydroxyl groups is 4. The molecule has 3 atom stereocenters. The fraction of sp³-hybridized carbons (Fsp3) is 1.00. The van der Waals surface area contributed by atoms with Crippen LogP contribution in [0.1, 0.15) is 71.1 Å². The summed E-state index contributed by atoms with van der Waals surface area (Å²) in [6.07, 6.45) is 9.00. The van der Waals surface area contributed by atoms with Gasteiger partial charge < -0.3 is 25.2 Å². The molecule has 0 aromatic rings. The van der Waals surface area contributed by atoms with Crippen LogP contribution in [0.5, 0.6) is 0 Å². The highest BCUT2D eigenvalue weighted by atomic mass is 16.5. The average molecular weight is 320 g/mol. The van der Waals surface area contributed by atoms with E-state index in [9.17, 15) is 10.2 Å². The number of rotatable bonds is 16. The zero-order valence-electron chi connectivity index (χ0n) is 14.1. The first-order chi connectivity index (χ1) is 10.7. The number of hydrogen-bond acceptors (Lipinski definition) is 5. The molecule has 0 aliphatic heterocycles. The Hall–Kier alpha value is -0.200. The van der Waals surface area contributed by atoms with Gasteiger partial charge in [-0.3, -0.25) is 0 Å². The number of aliphatic hydroxyl groups excluding tert-OH is 4. The maximum Gasteiger partial charge on any atom is 0.110 e. The third kappa shape index (κ3) is 11.4. The molecule has 0 rings (SSSR count). The predicted molar refractivity (Wildman–Crippen MR) is 87.8 cm³/mol. The van der Waals surface area contributed by atoms with Crippen molar-refractivity contribution in [1.82, 2.24) is 0 Å². The molecule has 0 aromatic carbocycles. The minimum absolute atomic E-state index is 0.365. The summed E-state index contributed by atoms with van der Waals surface area (Å²) in [5.41, 5.74) is 0. The molecular formula is C17H36O5. The molecule has 134 valence electrons. The SMILES string of the molecule is CCCCCCCCCCCCO[C@H](CO)[C@H](O)[C@@H](O)CO. The van der Waals surface area contributed by atoms with Crippen LogP contribution in [0.4, 0.5) is 0 Å². The van der Waals surface area contributed by atoms with Crippen LogP contribution in [0.15, 0.2) is 0 Å². The van der Waals surface area contributed by atoms with Gasteiger partial charge in [-0.05, 0) is 6.42 Å². The smallest absolute Gasteiger partial charge is 0.110 e. The lowest BCUT2D eigenvalue weighted by Crippen LogP contribution is -2.43. The normalized spacial score (nSPS) is 15.7. The third-order valence-corrected chi connectivity index (χ3v) is 3.97. The molecule has 0 saturated carbocycles. The lowest BCUT2D eigenvalue weighted by molar-refractivity contribution is -0.117. The largest absolute Gasteiger partial charge is 0.394 e. The highest BCUT2D eigenvalue weighted by Crippen LogP contribution is 2.11. The molecule has 0 aliphatic carbocycles. The maximum atomic E-state index is 9.64. The van der Waals surface area contributed by atoms with Gasteiger partial charge in [0.1, 0.15) is 18.3 Å². The first-order valence-corrected chi connectivity index (χ1v) is 8.86. The molecule has 5 nitrogen and oxygen atoms in total. The molecule has 0 spiro atoms. The molecule has 0 heterocycles. The lowest BCUT2D eigenvalue weighted by Gasteiger charge is -2.24. The molecule has 0 aromatic heterocycles. The van der Waals surface area contributed by atoms with Crippen LogP contribution < -0.4 is 0 Å². The zero-order valence-corrected chi connectivity index (χ0v) is 14.1. The van der Waals surface area contributed by atoms with Gasteiger partial charge in [0.05, 0.1) is 13.2 Å². The van der Waals surface area contributed by atoms with Crippen molar-refractivity contribution in [1.29, 1.82) is 0 Å². The van der Waals surface area contributed by atoms with E-state index < -0.39 is 24.9 Å². The van der Waals surface area contributed by atoms with Gasteiger partial charge in [0.25, 0.3) is 0 Å². The van der Waals surface area contributed by atoms with Crippen molar-refractivity contribution in [2.75, 3.05) is 19.8 Å². The van der Waals surface area contributed by atoms with Gasteiger partial charge in [0, 0.05) is 6.61 Å². The zero-order chi connectivity index (χ0) is 16.6. The molecule has 5 heteroatoms. The van der Waals surface area contributed by atoms with Gasteiger partial charge in [-0.2, -0.15) is 0 Å². The fourth-order valence-corrected chi connectivity index (χ4v) is 2.44. The van der Waals surface area contributed by atoms with Crippen LogP contribution in [0.3, 0.4) is 0 Å². The number of ether oxygens (including phenoxy) is 1. The van der Waals surface area contributed by atoms with E-state index in [1.165, 1.54) is 51.4 Å². The van der Waals surface area contributed by atoms with Crippen molar-refractivity contribution in [2.45, 2.75) is 89.4 Å². The van der Waals surface area contributed by atoms with Gasteiger partial charge in [0.2, 0.25) is 0 Å². The summed E-state index contributed by atoms with van der Waals surface area (Å²) in [6, 6.07) is 0. The summed E-state index contributed by atoms with van der Waals surface area (Å²) in [7, 11) is 0. The second-order valence-electron chi connectivity index (χ2n) is 6.01. The second kappa shape index (κ2) is 15.7. The highest BCUT2D eigenvalue weighted by molar-refractivity contribution is 4.75. The number of hydrogen-bond donors (Lipinski definition) is 4. The van der Waals surface area contributed by atoms with E-state index in [1.807, 2.05) is 0 Å². The summed E-state index contributed by atoms with van der Waals surface area (Å²) >= 11 is 0. The van der Waals surface area contributed by atoms with Gasteiger partial charge in [0.15, 0.2) is 0 Å². The van der Waals surface area contributed by atoms with E-state index in [0.717, 1.165) is 12.8 Å². The van der Waals surface area contributed by atoms with Crippen LogP contribution in [0, 0.1) is 0 Å². The molecule has 0 radical (unpaired) electrons. The van der Waals surface area contributed by atoms with Crippen molar-refractivity contribution in [3.63, 3.8) is 0 Å². The Morgan fingerprint density at radius 1 is 0.727 bits per heavy atom. The van der Waals surface area contributed by atoms with E-state index in [0.29, 0.717) is 6.61 Å². The quantitative estimate of drug-likeness (QED) is 0.327.